The summed E-state index contributed by atoms with van der Waals surface area (Å²) in [4.78, 5) is 7.05. The first kappa shape index (κ1) is 23.2. The minimum Gasteiger partial charge on any atom is -0.497 e. The maximum Gasteiger partial charge on any atom is 0.155 e. The van der Waals surface area contributed by atoms with Crippen molar-refractivity contribution in [2.24, 2.45) is 0 Å². The van der Waals surface area contributed by atoms with Crippen LogP contribution in [-0.4, -0.2) is 61.1 Å². The van der Waals surface area contributed by atoms with Crippen LogP contribution in [0.2, 0.25) is 0 Å². The fraction of sp³-hybridized carbons (Fsp3) is 0.286. The van der Waals surface area contributed by atoms with Gasteiger partial charge in [-0.15, -0.1) is 0 Å². The molecule has 0 spiro atoms. The van der Waals surface area contributed by atoms with Crippen LogP contribution in [0, 0.1) is 6.92 Å². The Morgan fingerprint density at radius 3 is 2.68 bits per heavy atom. The van der Waals surface area contributed by atoms with Crippen molar-refractivity contribution in [3.63, 3.8) is 0 Å². The van der Waals surface area contributed by atoms with E-state index in [1.54, 1.807) is 18.7 Å². The zero-order valence-electron chi connectivity index (χ0n) is 21.1. The number of fused-ring (bicyclic) bond motifs is 2. The third-order valence-corrected chi connectivity index (χ3v) is 6.70. The van der Waals surface area contributed by atoms with E-state index in [9.17, 15) is 0 Å². The first-order chi connectivity index (χ1) is 18.1. The molecule has 190 valence electrons. The zero-order valence-corrected chi connectivity index (χ0v) is 21.1. The Labute approximate surface area is 214 Å². The number of nitrogens with zero attached hydrogens (tertiary/aromatic N) is 4. The van der Waals surface area contributed by atoms with Crippen molar-refractivity contribution in [1.29, 1.82) is 0 Å². The summed E-state index contributed by atoms with van der Waals surface area (Å²) in [5.74, 6) is 2.88. The van der Waals surface area contributed by atoms with Gasteiger partial charge in [-0.2, -0.15) is 5.10 Å². The molecule has 1 fully saturated rings. The smallest absolute Gasteiger partial charge is 0.155 e. The highest BCUT2D eigenvalue weighted by atomic mass is 16.5. The number of furan rings is 1. The molecule has 4 heterocycles. The van der Waals surface area contributed by atoms with Crippen LogP contribution in [0.4, 0.5) is 5.69 Å². The number of piperazine rings is 1. The number of anilines is 1. The minimum atomic E-state index is 0.155. The molecule has 1 saturated heterocycles. The lowest BCUT2D eigenvalue weighted by molar-refractivity contribution is 0.268. The number of aryl methyl sites for hydroxylation is 1. The van der Waals surface area contributed by atoms with Crippen molar-refractivity contribution in [3.05, 3.63) is 66.5 Å². The molecule has 0 saturated carbocycles. The molecule has 6 rings (SSSR count). The van der Waals surface area contributed by atoms with Gasteiger partial charge in [-0.05, 0) is 49.4 Å². The number of hydrogen-bond acceptors (Lipinski definition) is 8. The highest BCUT2D eigenvalue weighted by Crippen LogP contribution is 2.37. The molecule has 37 heavy (non-hydrogen) atoms. The Balaban J connectivity index is 1.29. The SMILES string of the molecule is COc1ccc(N2CCNCC2COc2cc(OC)cc3oc(-c4cn5nc(C)ccc5n4)cc23)cc1. The van der Waals surface area contributed by atoms with Gasteiger partial charge in [0.05, 0.1) is 37.5 Å². The van der Waals surface area contributed by atoms with E-state index in [0.29, 0.717) is 35.1 Å². The van der Waals surface area contributed by atoms with E-state index < -0.39 is 0 Å². The molecule has 1 unspecified atom stereocenters. The van der Waals surface area contributed by atoms with E-state index in [2.05, 4.69) is 32.4 Å². The molecule has 1 aliphatic heterocycles. The highest BCUT2D eigenvalue weighted by Gasteiger charge is 2.24. The lowest BCUT2D eigenvalue weighted by atomic mass is 10.1. The second-order valence-electron chi connectivity index (χ2n) is 9.11. The van der Waals surface area contributed by atoms with Crippen LogP contribution in [0.25, 0.3) is 28.1 Å². The monoisotopic (exact) mass is 499 g/mol. The van der Waals surface area contributed by atoms with Gasteiger partial charge >= 0.3 is 0 Å². The number of methoxy groups -OCH3 is 2. The van der Waals surface area contributed by atoms with Crippen LogP contribution in [0.15, 0.2) is 65.2 Å². The number of rotatable bonds is 7. The molecule has 9 nitrogen and oxygen atoms in total. The predicted molar refractivity (Wildman–Crippen MR) is 142 cm³/mol. The summed E-state index contributed by atoms with van der Waals surface area (Å²) >= 11 is 0. The largest absolute Gasteiger partial charge is 0.497 e. The number of nitrogens with one attached hydrogen (secondary N) is 1. The predicted octanol–water partition coefficient (Wildman–Crippen LogP) is 4.33. The minimum absolute atomic E-state index is 0.155. The van der Waals surface area contributed by atoms with Crippen molar-refractivity contribution in [2.75, 3.05) is 45.4 Å². The van der Waals surface area contributed by atoms with Crippen LogP contribution in [0.1, 0.15) is 5.69 Å². The van der Waals surface area contributed by atoms with Crippen molar-refractivity contribution < 1.29 is 18.6 Å². The van der Waals surface area contributed by atoms with Crippen LogP contribution < -0.4 is 24.4 Å². The van der Waals surface area contributed by atoms with Crippen molar-refractivity contribution >= 4 is 22.3 Å². The van der Waals surface area contributed by atoms with E-state index in [1.807, 2.05) is 55.6 Å². The zero-order chi connectivity index (χ0) is 25.4. The molecule has 1 atom stereocenters. The molecule has 0 aliphatic carbocycles. The molecule has 1 N–H and O–H groups in total. The van der Waals surface area contributed by atoms with Gasteiger partial charge in [0.2, 0.25) is 0 Å². The fourth-order valence-electron chi connectivity index (χ4n) is 4.75. The molecule has 3 aromatic heterocycles. The van der Waals surface area contributed by atoms with Gasteiger partial charge in [-0.3, -0.25) is 0 Å². The number of benzene rings is 2. The second-order valence-corrected chi connectivity index (χ2v) is 9.11. The van der Waals surface area contributed by atoms with E-state index in [1.165, 1.54) is 0 Å². The van der Waals surface area contributed by atoms with Crippen LogP contribution in [-0.2, 0) is 0 Å². The number of hydrogen-bond donors (Lipinski definition) is 1. The number of imidazole rings is 1. The van der Waals surface area contributed by atoms with Gasteiger partial charge in [-0.25, -0.2) is 9.50 Å². The summed E-state index contributed by atoms with van der Waals surface area (Å²) in [5, 5.41) is 8.86. The molecular weight excluding hydrogens is 470 g/mol. The topological polar surface area (TPSA) is 86.3 Å². The Morgan fingerprint density at radius 1 is 1.03 bits per heavy atom. The Morgan fingerprint density at radius 2 is 1.86 bits per heavy atom. The quantitative estimate of drug-likeness (QED) is 0.354. The Bertz CT molecular complexity index is 1540. The summed E-state index contributed by atoms with van der Waals surface area (Å²) in [7, 11) is 3.32. The first-order valence-electron chi connectivity index (χ1n) is 12.3. The van der Waals surface area contributed by atoms with Crippen LogP contribution in [0.5, 0.6) is 17.2 Å². The van der Waals surface area contributed by atoms with Crippen molar-refractivity contribution in [1.82, 2.24) is 19.9 Å². The summed E-state index contributed by atoms with van der Waals surface area (Å²) in [5.41, 5.74) is 4.22. The third kappa shape index (κ3) is 4.53. The standard InChI is InChI=1S/C28H29N5O4/c1-18-4-9-28-30-24(16-33(28)31-18)27-14-23-25(12-22(35-3)13-26(23)37-27)36-17-20-15-29-10-11-32(20)19-5-7-21(34-2)8-6-19/h4-9,12-14,16,20,29H,10-11,15,17H2,1-3H3. The summed E-state index contributed by atoms with van der Waals surface area (Å²) in [6, 6.07) is 18.0. The summed E-state index contributed by atoms with van der Waals surface area (Å²) in [6.07, 6.45) is 1.87. The van der Waals surface area contributed by atoms with E-state index >= 15 is 0 Å². The molecule has 0 amide bonds. The van der Waals surface area contributed by atoms with Gasteiger partial charge < -0.3 is 28.8 Å². The highest BCUT2D eigenvalue weighted by molar-refractivity contribution is 5.89. The summed E-state index contributed by atoms with van der Waals surface area (Å²) in [6.45, 7) is 5.09. The van der Waals surface area contributed by atoms with Crippen molar-refractivity contribution in [3.8, 4) is 28.7 Å². The average Bonchev–Trinajstić information content (AvgIpc) is 3.56. The second kappa shape index (κ2) is 9.67. The maximum atomic E-state index is 6.44. The Hall–Kier alpha value is -4.24. The molecule has 0 radical (unpaired) electrons. The lowest BCUT2D eigenvalue weighted by Crippen LogP contribution is -2.54. The molecular formula is C28H29N5O4. The molecule has 2 aromatic carbocycles. The van der Waals surface area contributed by atoms with E-state index in [4.69, 9.17) is 18.6 Å². The Kier molecular flexibility index (Phi) is 6.05. The molecule has 0 bridgehead atoms. The van der Waals surface area contributed by atoms with Gasteiger partial charge in [0.25, 0.3) is 0 Å². The van der Waals surface area contributed by atoms with Gasteiger partial charge in [0, 0.05) is 37.5 Å². The van der Waals surface area contributed by atoms with Gasteiger partial charge in [0.15, 0.2) is 11.4 Å². The van der Waals surface area contributed by atoms with Crippen LogP contribution in [0.3, 0.4) is 0 Å². The van der Waals surface area contributed by atoms with Crippen LogP contribution >= 0.6 is 0 Å². The van der Waals surface area contributed by atoms with E-state index in [0.717, 1.165) is 47.8 Å². The molecule has 9 heteroatoms. The number of ether oxygens (including phenoxy) is 3. The normalized spacial score (nSPS) is 15.9. The molecule has 1 aliphatic rings. The first-order valence-corrected chi connectivity index (χ1v) is 12.3. The van der Waals surface area contributed by atoms with E-state index in [-0.39, 0.29) is 6.04 Å². The lowest BCUT2D eigenvalue weighted by Gasteiger charge is -2.37. The van der Waals surface area contributed by atoms with Crippen molar-refractivity contribution in [2.45, 2.75) is 13.0 Å². The maximum absolute atomic E-state index is 6.44. The molecule has 5 aromatic rings. The van der Waals surface area contributed by atoms with Gasteiger partial charge in [-0.1, -0.05) is 0 Å². The third-order valence-electron chi connectivity index (χ3n) is 6.70. The average molecular weight is 500 g/mol. The van der Waals surface area contributed by atoms with Gasteiger partial charge in [0.1, 0.15) is 35.1 Å². The fourth-order valence-corrected chi connectivity index (χ4v) is 4.75. The summed E-state index contributed by atoms with van der Waals surface area (Å²) < 4.78 is 25.3. The number of aromatic nitrogens is 3.